The van der Waals surface area contributed by atoms with Crippen LogP contribution in [0.2, 0.25) is 0 Å². The lowest BCUT2D eigenvalue weighted by molar-refractivity contribution is 0.196. The highest BCUT2D eigenvalue weighted by molar-refractivity contribution is 7.89. The van der Waals surface area contributed by atoms with Crippen LogP contribution in [0.5, 0.6) is 0 Å². The molecule has 1 aromatic heterocycles. The van der Waals surface area contributed by atoms with E-state index in [0.29, 0.717) is 25.5 Å². The third-order valence-electron chi connectivity index (χ3n) is 3.81. The van der Waals surface area contributed by atoms with E-state index >= 15 is 0 Å². The first-order valence-corrected chi connectivity index (χ1v) is 8.50. The van der Waals surface area contributed by atoms with Gasteiger partial charge in [0.15, 0.2) is 0 Å². The lowest BCUT2D eigenvalue weighted by Crippen LogP contribution is -2.41. The van der Waals surface area contributed by atoms with Crippen molar-refractivity contribution in [1.29, 1.82) is 0 Å². The van der Waals surface area contributed by atoms with Crippen molar-refractivity contribution in [2.24, 2.45) is 5.41 Å². The maximum absolute atomic E-state index is 12.7. The molecule has 2 rings (SSSR count). The zero-order valence-electron chi connectivity index (χ0n) is 12.4. The van der Waals surface area contributed by atoms with Gasteiger partial charge in [-0.15, -0.1) is 0 Å². The van der Waals surface area contributed by atoms with E-state index < -0.39 is 10.0 Å². The molecule has 5 nitrogen and oxygen atoms in total. The molecule has 1 aliphatic rings. The molecule has 2 heterocycles. The molecule has 20 heavy (non-hydrogen) atoms. The van der Waals surface area contributed by atoms with Crippen molar-refractivity contribution < 1.29 is 8.42 Å². The van der Waals surface area contributed by atoms with Crippen LogP contribution < -0.4 is 5.32 Å². The molecule has 1 N–H and O–H groups in total. The number of hydrogen-bond acceptors (Lipinski definition) is 4. The number of piperidine rings is 1. The Morgan fingerprint density at radius 3 is 2.60 bits per heavy atom. The molecule has 0 spiro atoms. The Hall–Kier alpha value is -1.14. The van der Waals surface area contributed by atoms with Crippen molar-refractivity contribution >= 4 is 15.8 Å². The molecule has 0 amide bonds. The van der Waals surface area contributed by atoms with Crippen LogP contribution in [-0.2, 0) is 10.0 Å². The van der Waals surface area contributed by atoms with E-state index in [1.54, 1.807) is 22.6 Å². The van der Waals surface area contributed by atoms with Crippen LogP contribution in [0.4, 0.5) is 5.82 Å². The van der Waals surface area contributed by atoms with Gasteiger partial charge >= 0.3 is 0 Å². The van der Waals surface area contributed by atoms with Crippen molar-refractivity contribution in [2.75, 3.05) is 25.0 Å². The van der Waals surface area contributed by atoms with Crippen molar-refractivity contribution in [3.05, 3.63) is 18.3 Å². The predicted octanol–water partition coefficient (Wildman–Crippen LogP) is 2.32. The van der Waals surface area contributed by atoms with Crippen LogP contribution in [-0.4, -0.2) is 37.3 Å². The largest absolute Gasteiger partial charge is 0.369 e. The molecule has 0 aromatic carbocycles. The fourth-order valence-corrected chi connectivity index (χ4v) is 3.93. The lowest BCUT2D eigenvalue weighted by Gasteiger charge is -2.36. The molecule has 0 radical (unpaired) electrons. The van der Waals surface area contributed by atoms with Gasteiger partial charge in [0.1, 0.15) is 10.7 Å². The van der Waals surface area contributed by atoms with E-state index in [2.05, 4.69) is 24.1 Å². The minimum atomic E-state index is -3.46. The lowest BCUT2D eigenvalue weighted by atomic mass is 9.83. The van der Waals surface area contributed by atoms with Gasteiger partial charge in [-0.25, -0.2) is 13.4 Å². The highest BCUT2D eigenvalue weighted by atomic mass is 32.2. The van der Waals surface area contributed by atoms with Gasteiger partial charge in [-0.1, -0.05) is 13.8 Å². The zero-order valence-corrected chi connectivity index (χ0v) is 13.2. The SMILES string of the molecule is CCNc1ncccc1S(=O)(=O)N1CCC(C)(C)CC1. The van der Waals surface area contributed by atoms with Crippen LogP contribution >= 0.6 is 0 Å². The number of sulfonamides is 1. The molecule has 1 aromatic rings. The molecule has 1 aliphatic heterocycles. The summed E-state index contributed by atoms with van der Waals surface area (Å²) < 4.78 is 27.1. The maximum atomic E-state index is 12.7. The van der Waals surface area contributed by atoms with Gasteiger partial charge in [0, 0.05) is 25.8 Å². The summed E-state index contributed by atoms with van der Waals surface area (Å²) in [5.41, 5.74) is 0.228. The second kappa shape index (κ2) is 5.69. The number of anilines is 1. The number of pyridine rings is 1. The number of aromatic nitrogens is 1. The van der Waals surface area contributed by atoms with Crippen molar-refractivity contribution in [1.82, 2.24) is 9.29 Å². The Morgan fingerprint density at radius 1 is 1.35 bits per heavy atom. The summed E-state index contributed by atoms with van der Waals surface area (Å²) in [7, 11) is -3.46. The minimum Gasteiger partial charge on any atom is -0.369 e. The molecular weight excluding hydrogens is 274 g/mol. The van der Waals surface area contributed by atoms with E-state index in [1.807, 2.05) is 6.92 Å². The van der Waals surface area contributed by atoms with Crippen molar-refractivity contribution in [2.45, 2.75) is 38.5 Å². The van der Waals surface area contributed by atoms with Crippen LogP contribution in [0.15, 0.2) is 23.2 Å². The fourth-order valence-electron chi connectivity index (χ4n) is 2.37. The molecular formula is C14H23N3O2S. The number of nitrogens with one attached hydrogen (secondary N) is 1. The Bertz CT molecular complexity index is 560. The van der Waals surface area contributed by atoms with Crippen LogP contribution in [0.1, 0.15) is 33.6 Å². The molecule has 0 bridgehead atoms. The van der Waals surface area contributed by atoms with Gasteiger partial charge in [-0.3, -0.25) is 0 Å². The third-order valence-corrected chi connectivity index (χ3v) is 5.74. The summed E-state index contributed by atoms with van der Waals surface area (Å²) in [4.78, 5) is 4.42. The summed E-state index contributed by atoms with van der Waals surface area (Å²) in [6, 6.07) is 3.29. The first-order chi connectivity index (χ1) is 9.37. The molecule has 0 atom stereocenters. The van der Waals surface area contributed by atoms with E-state index in [0.717, 1.165) is 12.8 Å². The van der Waals surface area contributed by atoms with Gasteiger partial charge in [0.2, 0.25) is 10.0 Å². The molecule has 1 fully saturated rings. The average Bonchev–Trinajstić information content (AvgIpc) is 2.39. The Balaban J connectivity index is 2.27. The van der Waals surface area contributed by atoms with Crippen LogP contribution in [0, 0.1) is 5.41 Å². The third kappa shape index (κ3) is 3.12. The monoisotopic (exact) mass is 297 g/mol. The molecule has 1 saturated heterocycles. The molecule has 0 unspecified atom stereocenters. The van der Waals surface area contributed by atoms with Gasteiger partial charge in [-0.2, -0.15) is 4.31 Å². The first kappa shape index (κ1) is 15.3. The predicted molar refractivity (Wildman–Crippen MR) is 80.2 cm³/mol. The van der Waals surface area contributed by atoms with Gasteiger partial charge in [-0.05, 0) is 37.3 Å². The highest BCUT2D eigenvalue weighted by Gasteiger charge is 2.34. The topological polar surface area (TPSA) is 62.3 Å². The van der Waals surface area contributed by atoms with Crippen molar-refractivity contribution in [3.8, 4) is 0 Å². The minimum absolute atomic E-state index is 0.228. The summed E-state index contributed by atoms with van der Waals surface area (Å²) in [5.74, 6) is 0.444. The summed E-state index contributed by atoms with van der Waals surface area (Å²) in [6.07, 6.45) is 3.39. The Morgan fingerprint density at radius 2 is 2.00 bits per heavy atom. The smallest absolute Gasteiger partial charge is 0.246 e. The Kier molecular flexibility index (Phi) is 4.34. The second-order valence-electron chi connectivity index (χ2n) is 5.95. The number of nitrogens with zero attached hydrogens (tertiary/aromatic N) is 2. The van der Waals surface area contributed by atoms with Gasteiger partial charge < -0.3 is 5.32 Å². The van der Waals surface area contributed by atoms with Crippen LogP contribution in [0.25, 0.3) is 0 Å². The highest BCUT2D eigenvalue weighted by Crippen LogP contribution is 2.33. The first-order valence-electron chi connectivity index (χ1n) is 7.06. The Labute approximate surface area is 121 Å². The molecule has 112 valence electrons. The number of rotatable bonds is 4. The quantitative estimate of drug-likeness (QED) is 0.926. The molecule has 0 saturated carbocycles. The molecule has 0 aliphatic carbocycles. The summed E-state index contributed by atoms with van der Waals surface area (Å²) >= 11 is 0. The average molecular weight is 297 g/mol. The summed E-state index contributed by atoms with van der Waals surface area (Å²) in [5, 5.41) is 3.02. The molecule has 6 heteroatoms. The van der Waals surface area contributed by atoms with Crippen molar-refractivity contribution in [3.63, 3.8) is 0 Å². The summed E-state index contributed by atoms with van der Waals surface area (Å²) in [6.45, 7) is 8.10. The zero-order chi connectivity index (χ0) is 14.8. The van der Waals surface area contributed by atoms with Gasteiger partial charge in [0.25, 0.3) is 0 Å². The normalized spacial score (nSPS) is 19.8. The van der Waals surface area contributed by atoms with Crippen LogP contribution in [0.3, 0.4) is 0 Å². The van der Waals surface area contributed by atoms with E-state index in [-0.39, 0.29) is 10.3 Å². The standard InChI is InChI=1S/C14H23N3O2S/c1-4-15-13-12(6-5-9-16-13)20(18,19)17-10-7-14(2,3)8-11-17/h5-6,9H,4,7-8,10-11H2,1-3H3,(H,15,16). The maximum Gasteiger partial charge on any atom is 0.246 e. The fraction of sp³-hybridized carbons (Fsp3) is 0.643. The van der Waals surface area contributed by atoms with E-state index in [1.165, 1.54) is 0 Å². The van der Waals surface area contributed by atoms with E-state index in [9.17, 15) is 8.42 Å². The van der Waals surface area contributed by atoms with Gasteiger partial charge in [0.05, 0.1) is 0 Å². The van der Waals surface area contributed by atoms with E-state index in [4.69, 9.17) is 0 Å². The second-order valence-corrected chi connectivity index (χ2v) is 7.86. The number of hydrogen-bond donors (Lipinski definition) is 1.